The van der Waals surface area contributed by atoms with E-state index in [1.807, 2.05) is 56.7 Å². The fraction of sp³-hybridized carbons (Fsp3) is 0.571. The van der Waals surface area contributed by atoms with Crippen molar-refractivity contribution in [2.24, 2.45) is 35.5 Å². The molecule has 3 N–H and O–H groups in total. The molecule has 0 radical (unpaired) electrons. The van der Waals surface area contributed by atoms with Crippen molar-refractivity contribution in [3.63, 3.8) is 0 Å². The molecule has 0 aromatic heterocycles. The van der Waals surface area contributed by atoms with Gasteiger partial charge >= 0.3 is 0 Å². The number of hydrogen-bond donors (Lipinski definition) is 2. The molecule has 6 nitrogen and oxygen atoms in total. The van der Waals surface area contributed by atoms with Crippen LogP contribution in [0.4, 0.5) is 5.69 Å². The third kappa shape index (κ3) is 10.5. The van der Waals surface area contributed by atoms with Crippen molar-refractivity contribution in [1.29, 1.82) is 0 Å². The van der Waals surface area contributed by atoms with Crippen molar-refractivity contribution in [3.8, 4) is 33.8 Å². The van der Waals surface area contributed by atoms with Gasteiger partial charge in [0.1, 0.15) is 11.5 Å². The number of anilines is 1. The van der Waals surface area contributed by atoms with Gasteiger partial charge in [0.05, 0.1) is 20.5 Å². The van der Waals surface area contributed by atoms with Gasteiger partial charge in [0.15, 0.2) is 0 Å². The van der Waals surface area contributed by atoms with E-state index in [0.29, 0.717) is 34.3 Å². The summed E-state index contributed by atoms with van der Waals surface area (Å²) in [6, 6.07) is 27.8. The van der Waals surface area contributed by atoms with E-state index in [1.54, 1.807) is 5.30 Å². The number of methoxy groups -OCH3 is 2. The third-order valence-corrected chi connectivity index (χ3v) is 20.0. The summed E-state index contributed by atoms with van der Waals surface area (Å²) >= 11 is 0. The van der Waals surface area contributed by atoms with Crippen LogP contribution in [0, 0.1) is 35.5 Å². The number of para-hydroxylation sites is 1. The molecule has 8 aliphatic rings. The zero-order valence-electron chi connectivity index (χ0n) is 40.5. The second kappa shape index (κ2) is 20.1. The minimum absolute atomic E-state index is 0. The van der Waals surface area contributed by atoms with E-state index < -0.39 is 18.0 Å². The van der Waals surface area contributed by atoms with Gasteiger partial charge < -0.3 is 15.2 Å². The van der Waals surface area contributed by atoms with Crippen LogP contribution in [0.25, 0.3) is 22.3 Å². The molecule has 4 aromatic rings. The maximum atomic E-state index is 9.19. The van der Waals surface area contributed by atoms with E-state index in [-0.39, 0.29) is 20.4 Å². The maximum Gasteiger partial charge on any atom is 0.261 e. The zero-order valence-corrected chi connectivity index (χ0v) is 43.8. The van der Waals surface area contributed by atoms with Crippen LogP contribution in [0.3, 0.4) is 0 Å². The third-order valence-electron chi connectivity index (χ3n) is 16.2. The van der Waals surface area contributed by atoms with E-state index >= 15 is 0 Å². The minimum Gasteiger partial charge on any atom is -0.496 e. The van der Waals surface area contributed by atoms with Gasteiger partial charge in [0, 0.05) is 42.5 Å². The molecule has 9 heteroatoms. The van der Waals surface area contributed by atoms with E-state index in [2.05, 4.69) is 77.9 Å². The number of ether oxygens (including phenoxy) is 2. The molecule has 0 spiro atoms. The van der Waals surface area contributed by atoms with Crippen LogP contribution in [0.15, 0.2) is 78.9 Å². The maximum absolute atomic E-state index is 9.19. The monoisotopic (exact) mass is 1010 g/mol. The van der Waals surface area contributed by atoms with Gasteiger partial charge in [0.2, 0.25) is 0 Å². The Balaban J connectivity index is 0.000000277. The average Bonchev–Trinajstić information content (AvgIpc) is 3.22. The van der Waals surface area contributed by atoms with Gasteiger partial charge in [-0.15, -0.1) is 0 Å². The topological polar surface area (TPSA) is 98.8 Å². The summed E-state index contributed by atoms with van der Waals surface area (Å²) in [6.07, 6.45) is 18.7. The van der Waals surface area contributed by atoms with E-state index in [9.17, 15) is 8.42 Å². The molecule has 0 unspecified atom stereocenters. The quantitative estimate of drug-likeness (QED) is 0.0711. The Hall–Kier alpha value is -2.72. The van der Waals surface area contributed by atoms with Gasteiger partial charge in [0.25, 0.3) is 10.1 Å². The van der Waals surface area contributed by atoms with Gasteiger partial charge in [-0.2, -0.15) is 8.42 Å². The van der Waals surface area contributed by atoms with Crippen molar-refractivity contribution >= 4 is 29.0 Å². The molecule has 0 saturated heterocycles. The van der Waals surface area contributed by atoms with Crippen LogP contribution >= 0.6 is 7.92 Å². The minimum atomic E-state index is -3.67. The number of nitrogens with two attached hydrogens (primary N) is 1. The van der Waals surface area contributed by atoms with E-state index in [0.717, 1.165) is 52.5 Å². The normalized spacial score (nSPS) is 28.6. The summed E-state index contributed by atoms with van der Waals surface area (Å²) in [5.41, 5.74) is 16.4. The smallest absolute Gasteiger partial charge is 0.261 e. The average molecular weight is 1010 g/mol. The molecule has 8 aliphatic carbocycles. The largest absolute Gasteiger partial charge is 0.496 e. The molecule has 8 fully saturated rings. The van der Waals surface area contributed by atoms with Gasteiger partial charge in [-0.1, -0.05) is 110 Å². The molecule has 8 bridgehead atoms. The second-order valence-electron chi connectivity index (χ2n) is 22.0. The predicted molar refractivity (Wildman–Crippen MR) is 269 cm³/mol. The molecule has 0 atom stereocenters. The Morgan fingerprint density at radius 2 is 0.985 bits per heavy atom. The summed E-state index contributed by atoms with van der Waals surface area (Å²) in [4.78, 5) is 0. The summed E-state index contributed by atoms with van der Waals surface area (Å²) in [6.45, 7) is 14.4. The van der Waals surface area contributed by atoms with Gasteiger partial charge in [-0.05, 0) is 187 Å². The van der Waals surface area contributed by atoms with Crippen LogP contribution < -0.4 is 20.5 Å². The van der Waals surface area contributed by atoms with Gasteiger partial charge in [-0.3, -0.25) is 4.55 Å². The van der Waals surface area contributed by atoms with Crippen LogP contribution in [0.2, 0.25) is 0 Å². The van der Waals surface area contributed by atoms with E-state index in [4.69, 9.17) is 19.8 Å². The summed E-state index contributed by atoms with van der Waals surface area (Å²) < 4.78 is 39.0. The Bertz CT molecular complexity index is 2240. The molecular formula is C56H76NO5PPdS. The van der Waals surface area contributed by atoms with Crippen molar-refractivity contribution < 1.29 is 42.9 Å². The standard InChI is InChI=1S/C43H61O2P.C12H11N.CH4O3S.Pd/c1-25(2)34-17-35(26(3)4)39(36(18-34)27(5)6)40-37(44-7)9-10-38(45-8)41(40)46(42-19-28-11-29(20-42)13-30(12-28)21-42)43-22-31-14-32(23-43)16-33(15-31)24-43;13-12-9-5-4-8-11(12)10-6-2-1-3-7-10;1-5(2,3)4;/h9-10,17-18,25-33H,11-16,19-24H2,1-8H3;1-9H,13H2;1H3,(H,2,3,4);. The zero-order chi connectivity index (χ0) is 45.7. The van der Waals surface area contributed by atoms with Crippen LogP contribution in [0.5, 0.6) is 11.5 Å². The molecular weight excluding hydrogens is 936 g/mol. The van der Waals surface area contributed by atoms with Crippen molar-refractivity contribution in [2.45, 2.75) is 147 Å². The SMILES string of the molecule is COc1ccc(OC)c(P(C23CC4CC(CC(C4)C2)C3)C23CC4CC(CC(C4)C2)C3)c1-c1c(C(C)C)cc(C(C)C)cc1C(C)C.CS(=O)(=O)O.Nc1ccccc1-c1ccccc1.[Pd]. The molecule has 4 aromatic carbocycles. The Labute approximate surface area is 407 Å². The first-order chi connectivity index (χ1) is 30.4. The van der Waals surface area contributed by atoms with Crippen molar-refractivity contribution in [3.05, 3.63) is 95.6 Å². The summed E-state index contributed by atoms with van der Waals surface area (Å²) in [5.74, 6) is 9.33. The van der Waals surface area contributed by atoms with Crippen LogP contribution in [0.1, 0.15) is 153 Å². The summed E-state index contributed by atoms with van der Waals surface area (Å²) in [5, 5.41) is 2.54. The fourth-order valence-electron chi connectivity index (χ4n) is 14.6. The predicted octanol–water partition coefficient (Wildman–Crippen LogP) is 14.2. The van der Waals surface area contributed by atoms with Crippen molar-refractivity contribution in [1.82, 2.24) is 0 Å². The van der Waals surface area contributed by atoms with Crippen molar-refractivity contribution in [2.75, 3.05) is 26.2 Å². The molecule has 8 saturated carbocycles. The Morgan fingerprint density at radius 1 is 0.600 bits per heavy atom. The number of rotatable bonds is 10. The number of nitrogen functional groups attached to an aromatic ring is 1. The first kappa shape index (κ1) is 50.2. The summed E-state index contributed by atoms with van der Waals surface area (Å²) in [7, 11) is -0.253. The first-order valence-electron chi connectivity index (χ1n) is 24.5. The molecule has 65 heavy (non-hydrogen) atoms. The number of benzene rings is 4. The van der Waals surface area contributed by atoms with Crippen LogP contribution in [-0.2, 0) is 30.5 Å². The Morgan fingerprint density at radius 3 is 1.35 bits per heavy atom. The van der Waals surface area contributed by atoms with E-state index in [1.165, 1.54) is 116 Å². The molecule has 0 amide bonds. The molecule has 0 heterocycles. The Kier molecular flexibility index (Phi) is 15.5. The molecule has 356 valence electrons. The van der Waals surface area contributed by atoms with Gasteiger partial charge in [-0.25, -0.2) is 0 Å². The van der Waals surface area contributed by atoms with Crippen LogP contribution in [-0.4, -0.2) is 43.8 Å². The number of hydrogen-bond acceptors (Lipinski definition) is 5. The second-order valence-corrected chi connectivity index (χ2v) is 26.5. The first-order valence-corrected chi connectivity index (χ1v) is 27.7. The molecule has 0 aliphatic heterocycles. The fourth-order valence-corrected chi connectivity index (χ4v) is 20.1. The molecule has 12 rings (SSSR count).